The molecule has 2 amide bonds. The summed E-state index contributed by atoms with van der Waals surface area (Å²) in [4.78, 5) is 15.6. The minimum absolute atomic E-state index is 0.0447. The first-order valence-corrected chi connectivity index (χ1v) is 6.37. The molecular weight excluding hydrogens is 242 g/mol. The smallest absolute Gasteiger partial charge is 0.320 e. The number of rotatable bonds is 5. The van der Waals surface area contributed by atoms with E-state index < -0.39 is 0 Å². The van der Waals surface area contributed by atoms with E-state index in [4.69, 9.17) is 5.11 Å². The molecular formula is C14H19N3O2. The van der Waals surface area contributed by atoms with Crippen molar-refractivity contribution in [3.05, 3.63) is 23.9 Å². The first-order valence-electron chi connectivity index (χ1n) is 6.37. The number of nitrogens with zero attached hydrogens (tertiary/aromatic N) is 1. The molecule has 0 aliphatic carbocycles. The standard InChI is InChI=1S/C14H19N3O2/c1-2-3-8-16-14(19)17-13-11-12(7-9-15-13)6-4-5-10-18/h7,9,11,18H,2-3,5,8,10H2,1H3,(H2,15,16,17,19). The Balaban J connectivity index is 2.52. The van der Waals surface area contributed by atoms with Gasteiger partial charge in [0.05, 0.1) is 6.61 Å². The van der Waals surface area contributed by atoms with Crippen molar-refractivity contribution in [1.82, 2.24) is 10.3 Å². The fourth-order valence-corrected chi connectivity index (χ4v) is 1.34. The summed E-state index contributed by atoms with van der Waals surface area (Å²) in [6.07, 6.45) is 4.01. The quantitative estimate of drug-likeness (QED) is 0.558. The third-order valence-electron chi connectivity index (χ3n) is 2.29. The topological polar surface area (TPSA) is 74.2 Å². The Bertz CT molecular complexity index is 463. The Morgan fingerprint density at radius 2 is 2.37 bits per heavy atom. The molecule has 0 aliphatic rings. The van der Waals surface area contributed by atoms with Gasteiger partial charge in [-0.2, -0.15) is 0 Å². The van der Waals surface area contributed by atoms with Crippen molar-refractivity contribution in [1.29, 1.82) is 0 Å². The maximum Gasteiger partial charge on any atom is 0.320 e. The first kappa shape index (κ1) is 15.0. The molecule has 0 saturated heterocycles. The van der Waals surface area contributed by atoms with E-state index in [1.54, 1.807) is 18.3 Å². The van der Waals surface area contributed by atoms with E-state index in [1.807, 2.05) is 0 Å². The number of anilines is 1. The summed E-state index contributed by atoms with van der Waals surface area (Å²) in [5, 5.41) is 14.0. The highest BCUT2D eigenvalue weighted by molar-refractivity contribution is 5.88. The first-order chi connectivity index (χ1) is 9.26. The van der Waals surface area contributed by atoms with Crippen LogP contribution in [0, 0.1) is 11.8 Å². The molecule has 5 nitrogen and oxygen atoms in total. The number of aliphatic hydroxyl groups excluding tert-OH is 1. The Morgan fingerprint density at radius 1 is 1.53 bits per heavy atom. The largest absolute Gasteiger partial charge is 0.395 e. The van der Waals surface area contributed by atoms with Crippen molar-refractivity contribution in [3.63, 3.8) is 0 Å². The normalized spacial score (nSPS) is 9.37. The molecule has 0 fully saturated rings. The van der Waals surface area contributed by atoms with E-state index >= 15 is 0 Å². The van der Waals surface area contributed by atoms with Crippen LogP contribution >= 0.6 is 0 Å². The molecule has 19 heavy (non-hydrogen) atoms. The summed E-state index contributed by atoms with van der Waals surface area (Å²) < 4.78 is 0. The minimum atomic E-state index is -0.263. The van der Waals surface area contributed by atoms with Crippen LogP contribution < -0.4 is 10.6 Å². The van der Waals surface area contributed by atoms with Gasteiger partial charge in [0.25, 0.3) is 0 Å². The molecule has 0 saturated carbocycles. The lowest BCUT2D eigenvalue weighted by molar-refractivity contribution is 0.252. The van der Waals surface area contributed by atoms with Gasteiger partial charge in [-0.25, -0.2) is 9.78 Å². The lowest BCUT2D eigenvalue weighted by Crippen LogP contribution is -2.29. The number of hydrogen-bond donors (Lipinski definition) is 3. The van der Waals surface area contributed by atoms with Gasteiger partial charge in [0.1, 0.15) is 5.82 Å². The number of unbranched alkanes of at least 4 members (excludes halogenated alkanes) is 1. The number of carbonyl (C=O) groups is 1. The van der Waals surface area contributed by atoms with Gasteiger partial charge in [-0.3, -0.25) is 5.32 Å². The molecule has 1 rings (SSSR count). The highest BCUT2D eigenvalue weighted by Crippen LogP contribution is 2.05. The molecule has 1 aromatic heterocycles. The summed E-state index contributed by atoms with van der Waals surface area (Å²) in [7, 11) is 0. The number of pyridine rings is 1. The number of aliphatic hydroxyl groups is 1. The van der Waals surface area contributed by atoms with Gasteiger partial charge in [0.2, 0.25) is 0 Å². The zero-order chi connectivity index (χ0) is 13.9. The summed E-state index contributed by atoms with van der Waals surface area (Å²) in [6.45, 7) is 2.76. The Kier molecular flexibility index (Phi) is 7.06. The van der Waals surface area contributed by atoms with Gasteiger partial charge in [-0.1, -0.05) is 25.2 Å². The molecule has 1 heterocycles. The van der Waals surface area contributed by atoms with Crippen LogP contribution in [0.25, 0.3) is 0 Å². The van der Waals surface area contributed by atoms with Crippen LogP contribution in [0.5, 0.6) is 0 Å². The van der Waals surface area contributed by atoms with Crippen LogP contribution in [0.2, 0.25) is 0 Å². The van der Waals surface area contributed by atoms with Crippen molar-refractivity contribution < 1.29 is 9.90 Å². The summed E-state index contributed by atoms with van der Waals surface area (Å²) in [6, 6.07) is 3.19. The van der Waals surface area contributed by atoms with Crippen LogP contribution in [0.4, 0.5) is 10.6 Å². The van der Waals surface area contributed by atoms with Crippen molar-refractivity contribution in [2.24, 2.45) is 0 Å². The van der Waals surface area contributed by atoms with Crippen molar-refractivity contribution in [2.75, 3.05) is 18.5 Å². The van der Waals surface area contributed by atoms with Gasteiger partial charge in [-0.15, -0.1) is 0 Å². The fraction of sp³-hybridized carbons (Fsp3) is 0.429. The highest BCUT2D eigenvalue weighted by Gasteiger charge is 2.01. The summed E-state index contributed by atoms with van der Waals surface area (Å²) in [5.74, 6) is 6.17. The average molecular weight is 261 g/mol. The van der Waals surface area contributed by atoms with Crippen molar-refractivity contribution >= 4 is 11.8 Å². The molecule has 102 valence electrons. The van der Waals surface area contributed by atoms with E-state index in [2.05, 4.69) is 34.4 Å². The molecule has 1 aromatic rings. The third kappa shape index (κ3) is 6.43. The van der Waals surface area contributed by atoms with Crippen LogP contribution in [0.1, 0.15) is 31.7 Å². The fourth-order valence-electron chi connectivity index (χ4n) is 1.34. The number of aromatic nitrogens is 1. The SMILES string of the molecule is CCCCNC(=O)Nc1cc(C#CCCO)ccn1. The van der Waals surface area contributed by atoms with E-state index in [0.717, 1.165) is 18.4 Å². The van der Waals surface area contributed by atoms with Crippen LogP contribution in [-0.2, 0) is 0 Å². The van der Waals surface area contributed by atoms with Crippen molar-refractivity contribution in [3.8, 4) is 11.8 Å². The number of urea groups is 1. The molecule has 0 spiro atoms. The van der Waals surface area contributed by atoms with Gasteiger partial charge in [0, 0.05) is 24.7 Å². The predicted octanol–water partition coefficient (Wildman–Crippen LogP) is 1.74. The molecule has 0 aromatic carbocycles. The maximum atomic E-state index is 11.5. The van der Waals surface area contributed by atoms with Gasteiger partial charge < -0.3 is 10.4 Å². The summed E-state index contributed by atoms with van der Waals surface area (Å²) >= 11 is 0. The summed E-state index contributed by atoms with van der Waals surface area (Å²) in [5.41, 5.74) is 0.757. The number of amides is 2. The lowest BCUT2D eigenvalue weighted by atomic mass is 10.2. The molecule has 0 radical (unpaired) electrons. The third-order valence-corrected chi connectivity index (χ3v) is 2.29. The number of nitrogens with one attached hydrogen (secondary N) is 2. The molecule has 0 unspecified atom stereocenters. The molecule has 5 heteroatoms. The zero-order valence-corrected chi connectivity index (χ0v) is 11.1. The number of carbonyl (C=O) groups excluding carboxylic acids is 1. The number of hydrogen-bond acceptors (Lipinski definition) is 3. The van der Waals surface area contributed by atoms with Gasteiger partial charge >= 0.3 is 6.03 Å². The van der Waals surface area contributed by atoms with Crippen LogP contribution in [0.15, 0.2) is 18.3 Å². The second-order valence-corrected chi connectivity index (χ2v) is 3.94. The zero-order valence-electron chi connectivity index (χ0n) is 11.1. The Hall–Kier alpha value is -2.06. The Labute approximate surface area is 113 Å². The molecule has 0 bridgehead atoms. The van der Waals surface area contributed by atoms with E-state index in [-0.39, 0.29) is 12.6 Å². The van der Waals surface area contributed by atoms with Gasteiger partial charge in [-0.05, 0) is 18.6 Å². The second-order valence-electron chi connectivity index (χ2n) is 3.94. The highest BCUT2D eigenvalue weighted by atomic mass is 16.2. The van der Waals surface area contributed by atoms with E-state index in [0.29, 0.717) is 18.8 Å². The second kappa shape index (κ2) is 8.95. The van der Waals surface area contributed by atoms with E-state index in [9.17, 15) is 4.79 Å². The lowest BCUT2D eigenvalue weighted by Gasteiger charge is -2.06. The monoisotopic (exact) mass is 261 g/mol. The van der Waals surface area contributed by atoms with Crippen LogP contribution in [-0.4, -0.2) is 29.3 Å². The predicted molar refractivity (Wildman–Crippen MR) is 74.7 cm³/mol. The van der Waals surface area contributed by atoms with Crippen LogP contribution in [0.3, 0.4) is 0 Å². The maximum absolute atomic E-state index is 11.5. The van der Waals surface area contributed by atoms with Crippen molar-refractivity contribution in [2.45, 2.75) is 26.2 Å². The average Bonchev–Trinajstić information content (AvgIpc) is 2.40. The van der Waals surface area contributed by atoms with Gasteiger partial charge in [0.15, 0.2) is 0 Å². The van der Waals surface area contributed by atoms with E-state index in [1.165, 1.54) is 0 Å². The molecule has 0 aliphatic heterocycles. The Morgan fingerprint density at radius 3 is 3.11 bits per heavy atom. The molecule has 0 atom stereocenters. The minimum Gasteiger partial charge on any atom is -0.395 e. The molecule has 3 N–H and O–H groups in total.